The molecule has 1 heterocycles. The van der Waals surface area contributed by atoms with Gasteiger partial charge in [0.05, 0.1) is 29.9 Å². The number of nitrogens with one attached hydrogen (secondary N) is 3. The zero-order valence-electron chi connectivity index (χ0n) is 16.4. The summed E-state index contributed by atoms with van der Waals surface area (Å²) in [5.74, 6) is -0.160. The van der Waals surface area contributed by atoms with Crippen LogP contribution in [0.25, 0.3) is 11.0 Å². The number of hydrogen-bond donors (Lipinski definition) is 3. The lowest BCUT2D eigenvalue weighted by Gasteiger charge is -2.22. The highest BCUT2D eigenvalue weighted by Gasteiger charge is 2.22. The quantitative estimate of drug-likeness (QED) is 0.602. The normalized spacial score (nSPS) is 15.7. The van der Waals surface area contributed by atoms with E-state index in [1.165, 1.54) is 6.42 Å². The number of fused-ring (bicyclic) bond motifs is 1. The number of H-pyrrole nitrogens is 1. The lowest BCUT2D eigenvalue weighted by Crippen LogP contribution is -2.41. The Morgan fingerprint density at radius 3 is 2.62 bits per heavy atom. The number of amides is 2. The number of rotatable bonds is 6. The van der Waals surface area contributed by atoms with Crippen molar-refractivity contribution in [2.24, 2.45) is 5.92 Å². The van der Waals surface area contributed by atoms with Crippen LogP contribution >= 0.6 is 0 Å². The van der Waals surface area contributed by atoms with Gasteiger partial charge in [-0.15, -0.1) is 0 Å². The van der Waals surface area contributed by atoms with Gasteiger partial charge in [0.15, 0.2) is 0 Å². The maximum Gasteiger partial charge on any atom is 0.240 e. The summed E-state index contributed by atoms with van der Waals surface area (Å²) in [5, 5.41) is 5.90. The van der Waals surface area contributed by atoms with E-state index in [1.807, 2.05) is 48.5 Å². The molecule has 2 amide bonds. The van der Waals surface area contributed by atoms with Gasteiger partial charge >= 0.3 is 0 Å². The fourth-order valence-corrected chi connectivity index (χ4v) is 4.03. The first-order valence-electron chi connectivity index (χ1n) is 10.3. The van der Waals surface area contributed by atoms with Crippen molar-refractivity contribution in [1.82, 2.24) is 20.6 Å². The highest BCUT2D eigenvalue weighted by atomic mass is 16.2. The van der Waals surface area contributed by atoms with Crippen molar-refractivity contribution in [1.29, 1.82) is 0 Å². The van der Waals surface area contributed by atoms with E-state index >= 15 is 0 Å². The highest BCUT2D eigenvalue weighted by molar-refractivity contribution is 5.86. The molecule has 1 aliphatic carbocycles. The Morgan fingerprint density at radius 2 is 1.83 bits per heavy atom. The molecule has 1 saturated carbocycles. The molecule has 29 heavy (non-hydrogen) atoms. The molecule has 6 nitrogen and oxygen atoms in total. The maximum atomic E-state index is 12.7. The molecule has 1 aromatic heterocycles. The fourth-order valence-electron chi connectivity index (χ4n) is 4.03. The van der Waals surface area contributed by atoms with Crippen molar-refractivity contribution in [2.75, 3.05) is 6.54 Å². The van der Waals surface area contributed by atoms with Crippen molar-refractivity contribution in [2.45, 2.75) is 38.1 Å². The average molecular weight is 390 g/mol. The van der Waals surface area contributed by atoms with Crippen LogP contribution in [0, 0.1) is 5.92 Å². The second-order valence-electron chi connectivity index (χ2n) is 7.64. The monoisotopic (exact) mass is 390 g/mol. The lowest BCUT2D eigenvalue weighted by atomic mass is 9.89. The first kappa shape index (κ1) is 19.2. The van der Waals surface area contributed by atoms with E-state index in [0.717, 1.165) is 47.8 Å². The standard InChI is InChI=1S/C23H26N4O2/c28-21(14-24-23(29)17-9-5-2-6-10-17)27-22(16-7-3-1-4-8-16)18-11-12-19-20(13-18)26-15-25-19/h1,3-4,7-8,11-13,15,17,22H,2,5-6,9-10,14H2,(H,24,29)(H,25,26)(H,27,28). The van der Waals surface area contributed by atoms with Gasteiger partial charge in [0.2, 0.25) is 11.8 Å². The third-order valence-corrected chi connectivity index (χ3v) is 5.62. The molecular weight excluding hydrogens is 364 g/mol. The van der Waals surface area contributed by atoms with Gasteiger partial charge in [0, 0.05) is 5.92 Å². The second kappa shape index (κ2) is 8.90. The summed E-state index contributed by atoms with van der Waals surface area (Å²) in [6.45, 7) is -0.00896. The van der Waals surface area contributed by atoms with E-state index in [4.69, 9.17) is 0 Å². The van der Waals surface area contributed by atoms with Crippen LogP contribution in [0.1, 0.15) is 49.3 Å². The van der Waals surface area contributed by atoms with E-state index in [2.05, 4.69) is 20.6 Å². The van der Waals surface area contributed by atoms with Crippen molar-refractivity contribution >= 4 is 22.8 Å². The van der Waals surface area contributed by atoms with Gasteiger partial charge in [-0.3, -0.25) is 9.59 Å². The number of imidazole rings is 1. The Hall–Kier alpha value is -3.15. The Balaban J connectivity index is 1.46. The molecule has 0 aliphatic heterocycles. The summed E-state index contributed by atoms with van der Waals surface area (Å²) in [4.78, 5) is 32.4. The Labute approximate surface area is 170 Å². The van der Waals surface area contributed by atoms with Gasteiger partial charge in [0.25, 0.3) is 0 Å². The van der Waals surface area contributed by atoms with Crippen LogP contribution in [-0.2, 0) is 9.59 Å². The van der Waals surface area contributed by atoms with E-state index < -0.39 is 0 Å². The predicted octanol–water partition coefficient (Wildman–Crippen LogP) is 3.47. The van der Waals surface area contributed by atoms with E-state index in [1.54, 1.807) is 6.33 Å². The second-order valence-corrected chi connectivity index (χ2v) is 7.64. The molecule has 3 aromatic rings. The molecule has 4 rings (SSSR count). The number of carbonyl (C=O) groups excluding carboxylic acids is 2. The average Bonchev–Trinajstić information content (AvgIpc) is 3.25. The van der Waals surface area contributed by atoms with Crippen LogP contribution < -0.4 is 10.6 Å². The van der Waals surface area contributed by atoms with E-state index in [9.17, 15) is 9.59 Å². The molecule has 1 atom stereocenters. The van der Waals surface area contributed by atoms with Gasteiger partial charge in [-0.1, -0.05) is 55.7 Å². The molecule has 150 valence electrons. The number of aromatic amines is 1. The number of hydrogen-bond acceptors (Lipinski definition) is 3. The van der Waals surface area contributed by atoms with Crippen molar-refractivity contribution in [3.8, 4) is 0 Å². The van der Waals surface area contributed by atoms with Gasteiger partial charge in [-0.05, 0) is 36.1 Å². The fraction of sp³-hybridized carbons (Fsp3) is 0.348. The van der Waals surface area contributed by atoms with Gasteiger partial charge in [0.1, 0.15) is 0 Å². The molecule has 1 aliphatic rings. The minimum Gasteiger partial charge on any atom is -0.347 e. The first-order valence-corrected chi connectivity index (χ1v) is 10.3. The van der Waals surface area contributed by atoms with Crippen LogP contribution in [0.15, 0.2) is 54.9 Å². The van der Waals surface area contributed by atoms with Crippen LogP contribution in [0.5, 0.6) is 0 Å². The zero-order chi connectivity index (χ0) is 20.1. The number of aromatic nitrogens is 2. The maximum absolute atomic E-state index is 12.7. The Morgan fingerprint density at radius 1 is 1.03 bits per heavy atom. The SMILES string of the molecule is O=C(CNC(=O)C1CCCCC1)NC(c1ccccc1)c1ccc2nc[nH]c2c1. The number of benzene rings is 2. The summed E-state index contributed by atoms with van der Waals surface area (Å²) < 4.78 is 0. The lowest BCUT2D eigenvalue weighted by molar-refractivity contribution is -0.129. The predicted molar refractivity (Wildman–Crippen MR) is 112 cm³/mol. The van der Waals surface area contributed by atoms with Crippen molar-refractivity contribution in [3.63, 3.8) is 0 Å². The molecule has 0 radical (unpaired) electrons. The first-order chi connectivity index (χ1) is 14.2. The van der Waals surface area contributed by atoms with Gasteiger partial charge in [-0.25, -0.2) is 4.98 Å². The summed E-state index contributed by atoms with van der Waals surface area (Å²) >= 11 is 0. The van der Waals surface area contributed by atoms with Crippen LogP contribution in [0.4, 0.5) is 0 Å². The molecule has 1 unspecified atom stereocenters. The van der Waals surface area contributed by atoms with Crippen molar-refractivity contribution < 1.29 is 9.59 Å². The van der Waals surface area contributed by atoms with Gasteiger partial charge < -0.3 is 15.6 Å². The topological polar surface area (TPSA) is 86.9 Å². The number of carbonyl (C=O) groups is 2. The van der Waals surface area contributed by atoms with E-state index in [0.29, 0.717) is 0 Å². The van der Waals surface area contributed by atoms with Gasteiger partial charge in [-0.2, -0.15) is 0 Å². The Bertz CT molecular complexity index is 977. The summed E-state index contributed by atoms with van der Waals surface area (Å²) in [7, 11) is 0. The minimum absolute atomic E-state index is 0.00464. The molecular formula is C23H26N4O2. The minimum atomic E-state index is -0.303. The smallest absolute Gasteiger partial charge is 0.240 e. The molecule has 2 aromatic carbocycles. The molecule has 6 heteroatoms. The molecule has 0 spiro atoms. The zero-order valence-corrected chi connectivity index (χ0v) is 16.4. The summed E-state index contributed by atoms with van der Waals surface area (Å²) in [6, 6.07) is 15.4. The van der Waals surface area contributed by atoms with Crippen LogP contribution in [0.2, 0.25) is 0 Å². The number of nitrogens with zero attached hydrogens (tertiary/aromatic N) is 1. The molecule has 0 saturated heterocycles. The van der Waals surface area contributed by atoms with Crippen LogP contribution in [-0.4, -0.2) is 28.3 Å². The van der Waals surface area contributed by atoms with Crippen molar-refractivity contribution in [3.05, 3.63) is 66.0 Å². The third kappa shape index (κ3) is 4.65. The molecule has 3 N–H and O–H groups in total. The molecule has 1 fully saturated rings. The largest absolute Gasteiger partial charge is 0.347 e. The van der Waals surface area contributed by atoms with E-state index in [-0.39, 0.29) is 30.3 Å². The highest BCUT2D eigenvalue weighted by Crippen LogP contribution is 2.25. The Kier molecular flexibility index (Phi) is 5.89. The summed E-state index contributed by atoms with van der Waals surface area (Å²) in [6.07, 6.45) is 6.89. The summed E-state index contributed by atoms with van der Waals surface area (Å²) in [5.41, 5.74) is 3.74. The van der Waals surface area contributed by atoms with Crippen LogP contribution in [0.3, 0.4) is 0 Å². The third-order valence-electron chi connectivity index (χ3n) is 5.62. The molecule has 0 bridgehead atoms.